The van der Waals surface area contributed by atoms with Crippen LogP contribution in [0.5, 0.6) is 5.75 Å². The van der Waals surface area contributed by atoms with Crippen LogP contribution in [0.25, 0.3) is 0 Å². The summed E-state index contributed by atoms with van der Waals surface area (Å²) in [5.41, 5.74) is 0.950. The van der Waals surface area contributed by atoms with Crippen molar-refractivity contribution in [2.24, 2.45) is 5.92 Å². The molecule has 1 rings (SSSR count). The fraction of sp³-hybridized carbons (Fsp3) is 0.615. The summed E-state index contributed by atoms with van der Waals surface area (Å²) in [5, 5.41) is 21.1. The molecule has 0 radical (unpaired) electrons. The topological polar surface area (TPSA) is 74.6 Å². The van der Waals surface area contributed by atoms with Gasteiger partial charge in [0.15, 0.2) is 0 Å². The van der Waals surface area contributed by atoms with Crippen LogP contribution in [-0.2, 0) is 6.54 Å². The van der Waals surface area contributed by atoms with Gasteiger partial charge in [0, 0.05) is 6.54 Å². The van der Waals surface area contributed by atoms with E-state index in [9.17, 15) is 0 Å². The van der Waals surface area contributed by atoms with E-state index < -0.39 is 6.10 Å². The minimum Gasteiger partial charge on any atom is -0.489 e. The normalized spacial score (nSPS) is 12.7. The number of hydrogen-bond donors (Lipinski definition) is 3. The van der Waals surface area contributed by atoms with Gasteiger partial charge >= 0.3 is 0 Å². The first-order chi connectivity index (χ1) is 8.61. The van der Waals surface area contributed by atoms with E-state index in [1.807, 2.05) is 12.1 Å². The fourth-order valence-electron chi connectivity index (χ4n) is 1.33. The van der Waals surface area contributed by atoms with E-state index in [0.29, 0.717) is 11.7 Å². The quantitative estimate of drug-likeness (QED) is 0.632. The predicted molar refractivity (Wildman–Crippen MR) is 69.4 cm³/mol. The molecule has 0 saturated carbocycles. The molecule has 5 heteroatoms. The number of aromatic nitrogens is 1. The van der Waals surface area contributed by atoms with Crippen LogP contribution < -0.4 is 10.1 Å². The van der Waals surface area contributed by atoms with Gasteiger partial charge in [0.2, 0.25) is 0 Å². The van der Waals surface area contributed by atoms with Gasteiger partial charge < -0.3 is 20.3 Å². The first-order valence-electron chi connectivity index (χ1n) is 6.19. The molecule has 0 saturated heterocycles. The molecule has 5 nitrogen and oxygen atoms in total. The van der Waals surface area contributed by atoms with Crippen molar-refractivity contribution in [2.75, 3.05) is 19.8 Å². The molecule has 3 N–H and O–H groups in total. The molecule has 0 spiro atoms. The van der Waals surface area contributed by atoms with Gasteiger partial charge in [0.05, 0.1) is 18.5 Å². The van der Waals surface area contributed by atoms with Gasteiger partial charge in [-0.2, -0.15) is 0 Å². The zero-order valence-electron chi connectivity index (χ0n) is 11.0. The summed E-state index contributed by atoms with van der Waals surface area (Å²) in [6, 6.07) is 3.69. The van der Waals surface area contributed by atoms with E-state index in [-0.39, 0.29) is 13.2 Å². The van der Waals surface area contributed by atoms with Gasteiger partial charge in [0.25, 0.3) is 0 Å². The molecule has 1 unspecified atom stereocenters. The lowest BCUT2D eigenvalue weighted by Crippen LogP contribution is -2.21. The average Bonchev–Trinajstić information content (AvgIpc) is 2.37. The lowest BCUT2D eigenvalue weighted by molar-refractivity contribution is 0.0535. The van der Waals surface area contributed by atoms with Crippen molar-refractivity contribution >= 4 is 0 Å². The van der Waals surface area contributed by atoms with Crippen LogP contribution in [0.2, 0.25) is 0 Å². The van der Waals surface area contributed by atoms with Gasteiger partial charge in [-0.05, 0) is 24.6 Å². The van der Waals surface area contributed by atoms with Gasteiger partial charge in [-0.25, -0.2) is 0 Å². The monoisotopic (exact) mass is 254 g/mol. The Hall–Kier alpha value is -1.17. The predicted octanol–water partition coefficient (Wildman–Crippen LogP) is 0.559. The highest BCUT2D eigenvalue weighted by Gasteiger charge is 2.03. The highest BCUT2D eigenvalue weighted by atomic mass is 16.5. The number of nitrogens with zero attached hydrogens (tertiary/aromatic N) is 1. The number of hydrogen-bond acceptors (Lipinski definition) is 5. The maximum atomic E-state index is 9.14. The lowest BCUT2D eigenvalue weighted by Gasteiger charge is -2.10. The summed E-state index contributed by atoms with van der Waals surface area (Å²) in [6.45, 7) is 5.78. The Kier molecular flexibility index (Phi) is 6.64. The number of ether oxygens (including phenoxy) is 1. The van der Waals surface area contributed by atoms with Crippen LogP contribution in [0.4, 0.5) is 0 Å². The van der Waals surface area contributed by atoms with Crippen LogP contribution in [0.3, 0.4) is 0 Å². The van der Waals surface area contributed by atoms with Crippen molar-refractivity contribution in [1.82, 2.24) is 10.3 Å². The third-order valence-electron chi connectivity index (χ3n) is 2.31. The molecule has 0 aliphatic heterocycles. The molecular weight excluding hydrogens is 232 g/mol. The number of aliphatic hydroxyl groups excluding tert-OH is 2. The second kappa shape index (κ2) is 8.02. The number of aliphatic hydroxyl groups is 2. The van der Waals surface area contributed by atoms with Crippen LogP contribution in [0.1, 0.15) is 19.5 Å². The van der Waals surface area contributed by atoms with Crippen molar-refractivity contribution in [2.45, 2.75) is 26.5 Å². The molecule has 0 aliphatic carbocycles. The summed E-state index contributed by atoms with van der Waals surface area (Å²) < 4.78 is 5.26. The molecule has 0 amide bonds. The third-order valence-corrected chi connectivity index (χ3v) is 2.31. The van der Waals surface area contributed by atoms with Gasteiger partial charge in [-0.1, -0.05) is 13.8 Å². The Morgan fingerprint density at radius 1 is 1.39 bits per heavy atom. The molecular formula is C13H22N2O3. The van der Waals surface area contributed by atoms with Crippen molar-refractivity contribution in [3.63, 3.8) is 0 Å². The molecule has 1 aromatic heterocycles. The fourth-order valence-corrected chi connectivity index (χ4v) is 1.33. The van der Waals surface area contributed by atoms with Crippen molar-refractivity contribution < 1.29 is 14.9 Å². The van der Waals surface area contributed by atoms with Crippen LogP contribution in [0.15, 0.2) is 18.3 Å². The molecule has 0 bridgehead atoms. The van der Waals surface area contributed by atoms with Crippen LogP contribution in [-0.4, -0.2) is 41.1 Å². The highest BCUT2D eigenvalue weighted by molar-refractivity contribution is 5.19. The molecule has 18 heavy (non-hydrogen) atoms. The Bertz CT molecular complexity index is 328. The van der Waals surface area contributed by atoms with Crippen molar-refractivity contribution in [3.05, 3.63) is 24.0 Å². The minimum atomic E-state index is -0.850. The maximum absolute atomic E-state index is 9.14. The highest BCUT2D eigenvalue weighted by Crippen LogP contribution is 2.09. The number of nitrogens with one attached hydrogen (secondary N) is 1. The SMILES string of the molecule is CC(C)CNCc1ccc(OCC(O)CO)cn1. The van der Waals surface area contributed by atoms with E-state index in [1.165, 1.54) is 0 Å². The second-order valence-electron chi connectivity index (χ2n) is 4.66. The van der Waals surface area contributed by atoms with E-state index in [4.69, 9.17) is 14.9 Å². The summed E-state index contributed by atoms with van der Waals surface area (Å²) >= 11 is 0. The lowest BCUT2D eigenvalue weighted by atomic mass is 10.2. The molecule has 1 heterocycles. The van der Waals surface area contributed by atoms with Gasteiger partial charge in [-0.3, -0.25) is 4.98 Å². The van der Waals surface area contributed by atoms with E-state index in [2.05, 4.69) is 24.1 Å². The molecule has 1 atom stereocenters. The minimum absolute atomic E-state index is 0.0725. The summed E-state index contributed by atoms with van der Waals surface area (Å²) in [5.74, 6) is 1.21. The summed E-state index contributed by atoms with van der Waals surface area (Å²) in [4.78, 5) is 4.25. The van der Waals surface area contributed by atoms with E-state index >= 15 is 0 Å². The van der Waals surface area contributed by atoms with Gasteiger partial charge in [-0.15, -0.1) is 0 Å². The van der Waals surface area contributed by atoms with E-state index in [1.54, 1.807) is 6.20 Å². The molecule has 0 aromatic carbocycles. The zero-order valence-corrected chi connectivity index (χ0v) is 11.0. The van der Waals surface area contributed by atoms with Gasteiger partial charge in [0.1, 0.15) is 18.5 Å². The van der Waals surface area contributed by atoms with Crippen LogP contribution >= 0.6 is 0 Å². The van der Waals surface area contributed by atoms with Crippen molar-refractivity contribution in [3.8, 4) is 5.75 Å². The average molecular weight is 254 g/mol. The van der Waals surface area contributed by atoms with Crippen LogP contribution in [0, 0.1) is 5.92 Å². The first kappa shape index (κ1) is 14.9. The largest absolute Gasteiger partial charge is 0.489 e. The Labute approximate surface area is 108 Å². The summed E-state index contributed by atoms with van der Waals surface area (Å²) in [7, 11) is 0. The molecule has 0 aliphatic rings. The van der Waals surface area contributed by atoms with Crippen molar-refractivity contribution in [1.29, 1.82) is 0 Å². The number of rotatable bonds is 8. The summed E-state index contributed by atoms with van der Waals surface area (Å²) in [6.07, 6.45) is 0.772. The Morgan fingerprint density at radius 3 is 2.72 bits per heavy atom. The zero-order chi connectivity index (χ0) is 13.4. The molecule has 102 valence electrons. The Morgan fingerprint density at radius 2 is 2.17 bits per heavy atom. The molecule has 0 fully saturated rings. The van der Waals surface area contributed by atoms with E-state index in [0.717, 1.165) is 18.8 Å². The second-order valence-corrected chi connectivity index (χ2v) is 4.66. The molecule has 1 aromatic rings. The smallest absolute Gasteiger partial charge is 0.137 e. The maximum Gasteiger partial charge on any atom is 0.137 e. The Balaban J connectivity index is 2.33. The number of pyridine rings is 1. The first-order valence-corrected chi connectivity index (χ1v) is 6.19. The standard InChI is InChI=1S/C13H22N2O3/c1-10(2)5-14-6-11-3-4-13(7-15-11)18-9-12(17)8-16/h3-4,7,10,12,14,16-17H,5-6,8-9H2,1-2H3. The third kappa shape index (κ3) is 5.95.